The van der Waals surface area contributed by atoms with Crippen molar-refractivity contribution in [2.24, 2.45) is 0 Å². The highest BCUT2D eigenvalue weighted by molar-refractivity contribution is 6.16. The van der Waals surface area contributed by atoms with E-state index in [1.54, 1.807) is 12.3 Å². The Morgan fingerprint density at radius 2 is 2.26 bits per heavy atom. The lowest BCUT2D eigenvalue weighted by Gasteiger charge is -2.25. The van der Waals surface area contributed by atoms with Crippen molar-refractivity contribution in [1.82, 2.24) is 14.5 Å². The third kappa shape index (κ3) is 2.18. The summed E-state index contributed by atoms with van der Waals surface area (Å²) in [6.07, 6.45) is 3.62. The van der Waals surface area contributed by atoms with Gasteiger partial charge in [0.1, 0.15) is 17.6 Å². The number of aromatic nitrogens is 3. The van der Waals surface area contributed by atoms with Crippen LogP contribution in [0.5, 0.6) is 0 Å². The van der Waals surface area contributed by atoms with Crippen LogP contribution in [0, 0.1) is 11.3 Å². The first-order chi connectivity index (χ1) is 9.33. The number of hydrogen-bond donors (Lipinski definition) is 0. The van der Waals surface area contributed by atoms with Gasteiger partial charge in [-0.3, -0.25) is 0 Å². The normalized spacial score (nSPS) is 16.6. The predicted octanol–water partition coefficient (Wildman–Crippen LogP) is 2.39. The molecule has 3 heterocycles. The molecule has 0 aromatic carbocycles. The molecule has 19 heavy (non-hydrogen) atoms. The average Bonchev–Trinajstić information content (AvgIpc) is 2.85. The second-order valence-corrected chi connectivity index (χ2v) is 4.81. The Hall–Kier alpha value is -1.64. The van der Waals surface area contributed by atoms with Crippen molar-refractivity contribution < 1.29 is 4.74 Å². The summed E-state index contributed by atoms with van der Waals surface area (Å²) in [5, 5.41) is 8.89. The van der Waals surface area contributed by atoms with E-state index in [0.29, 0.717) is 17.6 Å². The van der Waals surface area contributed by atoms with E-state index in [9.17, 15) is 0 Å². The fraction of sp³-hybridized carbons (Fsp3) is 0.462. The van der Waals surface area contributed by atoms with Crippen LogP contribution in [0.25, 0.3) is 11.0 Å². The lowest BCUT2D eigenvalue weighted by molar-refractivity contribution is 0.0700. The van der Waals surface area contributed by atoms with E-state index in [0.717, 1.165) is 42.9 Å². The van der Waals surface area contributed by atoms with E-state index in [1.807, 2.05) is 6.07 Å². The van der Waals surface area contributed by atoms with E-state index in [4.69, 9.17) is 21.6 Å². The lowest BCUT2D eigenvalue weighted by Crippen LogP contribution is -2.21. The summed E-state index contributed by atoms with van der Waals surface area (Å²) >= 11 is 6.00. The molecule has 2 aromatic rings. The van der Waals surface area contributed by atoms with Gasteiger partial charge in [0, 0.05) is 25.3 Å². The third-order valence-corrected chi connectivity index (χ3v) is 3.68. The van der Waals surface area contributed by atoms with Crippen LogP contribution in [0.2, 0.25) is 0 Å². The van der Waals surface area contributed by atoms with Gasteiger partial charge in [0.2, 0.25) is 0 Å². The highest BCUT2D eigenvalue weighted by atomic mass is 35.5. The molecule has 1 saturated heterocycles. The number of hydrogen-bond acceptors (Lipinski definition) is 4. The monoisotopic (exact) mass is 276 g/mol. The van der Waals surface area contributed by atoms with Crippen molar-refractivity contribution in [3.8, 4) is 6.07 Å². The topological polar surface area (TPSA) is 63.7 Å². The maximum absolute atomic E-state index is 8.89. The van der Waals surface area contributed by atoms with Crippen LogP contribution < -0.4 is 0 Å². The maximum Gasteiger partial charge on any atom is 0.142 e. The third-order valence-electron chi connectivity index (χ3n) is 3.44. The minimum atomic E-state index is 0.349. The van der Waals surface area contributed by atoms with Gasteiger partial charge < -0.3 is 9.30 Å². The Morgan fingerprint density at radius 1 is 1.47 bits per heavy atom. The van der Waals surface area contributed by atoms with Gasteiger partial charge in [0.25, 0.3) is 0 Å². The fourth-order valence-corrected chi connectivity index (χ4v) is 2.74. The minimum Gasteiger partial charge on any atom is -0.381 e. The zero-order valence-corrected chi connectivity index (χ0v) is 11.1. The second-order valence-electron chi connectivity index (χ2n) is 4.55. The van der Waals surface area contributed by atoms with Crippen molar-refractivity contribution in [2.45, 2.75) is 24.8 Å². The molecule has 3 rings (SSSR count). The number of alkyl halides is 1. The summed E-state index contributed by atoms with van der Waals surface area (Å²) in [5.41, 5.74) is 2.11. The molecule has 0 atom stereocenters. The maximum atomic E-state index is 8.89. The molecule has 0 aliphatic carbocycles. The van der Waals surface area contributed by atoms with Gasteiger partial charge >= 0.3 is 0 Å². The number of fused-ring (bicyclic) bond motifs is 1. The number of rotatable bonds is 2. The van der Waals surface area contributed by atoms with Gasteiger partial charge in [-0.1, -0.05) is 0 Å². The molecule has 0 bridgehead atoms. The molecule has 0 amide bonds. The summed E-state index contributed by atoms with van der Waals surface area (Å²) in [6.45, 7) is 1.52. The zero-order chi connectivity index (χ0) is 13.2. The molecular weight excluding hydrogens is 264 g/mol. The van der Waals surface area contributed by atoms with Crippen LogP contribution in [0.3, 0.4) is 0 Å². The molecule has 1 aliphatic rings. The second kappa shape index (κ2) is 5.16. The number of nitriles is 1. The average molecular weight is 277 g/mol. The predicted molar refractivity (Wildman–Crippen MR) is 70.9 cm³/mol. The number of nitrogens with zero attached hydrogens (tertiary/aromatic N) is 4. The molecule has 0 N–H and O–H groups in total. The summed E-state index contributed by atoms with van der Waals surface area (Å²) in [5.74, 6) is 1.19. The molecule has 1 fully saturated rings. The van der Waals surface area contributed by atoms with E-state index >= 15 is 0 Å². The number of imidazole rings is 1. The molecule has 2 aromatic heterocycles. The molecule has 5 nitrogen and oxygen atoms in total. The van der Waals surface area contributed by atoms with Gasteiger partial charge in [-0.25, -0.2) is 9.97 Å². The SMILES string of the molecule is N#Cc1cc2nc(CCl)n(C3CCOCC3)c2cn1. The Kier molecular flexibility index (Phi) is 3.36. The summed E-state index contributed by atoms with van der Waals surface area (Å²) in [7, 11) is 0. The minimum absolute atomic E-state index is 0.349. The fourth-order valence-electron chi connectivity index (χ4n) is 2.55. The van der Waals surface area contributed by atoms with E-state index in [2.05, 4.69) is 14.5 Å². The molecule has 98 valence electrons. The van der Waals surface area contributed by atoms with E-state index in [1.165, 1.54) is 0 Å². The Labute approximate surface area is 115 Å². The Bertz CT molecular complexity index is 640. The molecule has 0 radical (unpaired) electrons. The highest BCUT2D eigenvalue weighted by Crippen LogP contribution is 2.28. The van der Waals surface area contributed by atoms with Gasteiger partial charge in [0.05, 0.1) is 23.1 Å². The summed E-state index contributed by atoms with van der Waals surface area (Å²) in [6, 6.07) is 4.09. The van der Waals surface area contributed by atoms with Gasteiger partial charge in [-0.05, 0) is 12.8 Å². The smallest absolute Gasteiger partial charge is 0.142 e. The summed E-state index contributed by atoms with van der Waals surface area (Å²) < 4.78 is 7.55. The van der Waals surface area contributed by atoms with E-state index < -0.39 is 0 Å². The number of halogens is 1. The van der Waals surface area contributed by atoms with Crippen LogP contribution in [0.4, 0.5) is 0 Å². The quantitative estimate of drug-likeness (QED) is 0.790. The summed E-state index contributed by atoms with van der Waals surface area (Å²) in [4.78, 5) is 8.65. The van der Waals surface area contributed by atoms with Crippen molar-refractivity contribution >= 4 is 22.6 Å². The number of ether oxygens (including phenoxy) is 1. The standard InChI is InChI=1S/C13H13ClN4O/c14-6-13-17-11-5-9(7-15)16-8-12(11)18(13)10-1-3-19-4-2-10/h5,8,10H,1-4,6H2. The van der Waals surface area contributed by atoms with Crippen LogP contribution in [-0.2, 0) is 10.6 Å². The first kappa shape index (κ1) is 12.4. The largest absolute Gasteiger partial charge is 0.381 e. The molecule has 1 aliphatic heterocycles. The van der Waals surface area contributed by atoms with Crippen molar-refractivity contribution in [3.63, 3.8) is 0 Å². The van der Waals surface area contributed by atoms with Gasteiger partial charge in [-0.2, -0.15) is 5.26 Å². The molecular formula is C13H13ClN4O. The van der Waals surface area contributed by atoms with Crippen LogP contribution in [0.1, 0.15) is 30.4 Å². The van der Waals surface area contributed by atoms with Crippen molar-refractivity contribution in [2.75, 3.05) is 13.2 Å². The number of pyridine rings is 1. The Balaban J connectivity index is 2.13. The van der Waals surface area contributed by atoms with Crippen LogP contribution in [-0.4, -0.2) is 27.7 Å². The molecule has 0 saturated carbocycles. The first-order valence-corrected chi connectivity index (χ1v) is 6.77. The molecule has 0 unspecified atom stereocenters. The molecule has 0 spiro atoms. The van der Waals surface area contributed by atoms with E-state index in [-0.39, 0.29) is 0 Å². The zero-order valence-electron chi connectivity index (χ0n) is 10.3. The highest BCUT2D eigenvalue weighted by Gasteiger charge is 2.21. The Morgan fingerprint density at radius 3 is 2.95 bits per heavy atom. The van der Waals surface area contributed by atoms with Crippen molar-refractivity contribution in [1.29, 1.82) is 5.26 Å². The van der Waals surface area contributed by atoms with Crippen LogP contribution >= 0.6 is 11.6 Å². The van der Waals surface area contributed by atoms with Gasteiger partial charge in [0.15, 0.2) is 0 Å². The lowest BCUT2D eigenvalue weighted by atomic mass is 10.1. The first-order valence-electron chi connectivity index (χ1n) is 6.24. The molecule has 6 heteroatoms. The van der Waals surface area contributed by atoms with Crippen molar-refractivity contribution in [3.05, 3.63) is 23.8 Å². The van der Waals surface area contributed by atoms with Crippen LogP contribution in [0.15, 0.2) is 12.3 Å². The van der Waals surface area contributed by atoms with Gasteiger partial charge in [-0.15, -0.1) is 11.6 Å².